The third-order valence-electron chi connectivity index (χ3n) is 5.36. The zero-order valence-corrected chi connectivity index (χ0v) is 15.9. The van der Waals surface area contributed by atoms with E-state index in [1.807, 2.05) is 0 Å². The standard InChI is InChI=1S/C19H38N2O2/c1-6-20-18(12-21-10-16(4)23-17(5)11-21)13-22-19-9-14(2)7-8-15(19)3/h14-20H,6-13H2,1-5H3. The number of hydrogen-bond acceptors (Lipinski definition) is 4. The van der Waals surface area contributed by atoms with Gasteiger partial charge in [-0.25, -0.2) is 0 Å². The average Bonchev–Trinajstić information content (AvgIpc) is 2.47. The number of hydrogen-bond donors (Lipinski definition) is 1. The molecule has 6 atom stereocenters. The minimum Gasteiger partial charge on any atom is -0.376 e. The quantitative estimate of drug-likeness (QED) is 0.780. The summed E-state index contributed by atoms with van der Waals surface area (Å²) >= 11 is 0. The molecule has 0 bridgehead atoms. The van der Waals surface area contributed by atoms with Crippen LogP contribution in [-0.2, 0) is 9.47 Å². The first-order chi connectivity index (χ1) is 11.0. The van der Waals surface area contributed by atoms with Crippen molar-refractivity contribution >= 4 is 0 Å². The van der Waals surface area contributed by atoms with E-state index in [2.05, 4.69) is 44.8 Å². The Labute approximate surface area is 143 Å². The van der Waals surface area contributed by atoms with E-state index >= 15 is 0 Å². The van der Waals surface area contributed by atoms with Gasteiger partial charge in [0.1, 0.15) is 0 Å². The fraction of sp³-hybridized carbons (Fsp3) is 1.00. The Hall–Kier alpha value is -0.160. The molecule has 1 heterocycles. The van der Waals surface area contributed by atoms with E-state index in [1.165, 1.54) is 19.3 Å². The van der Waals surface area contributed by atoms with Crippen molar-refractivity contribution in [2.24, 2.45) is 11.8 Å². The van der Waals surface area contributed by atoms with Gasteiger partial charge in [-0.2, -0.15) is 0 Å². The van der Waals surface area contributed by atoms with Crippen molar-refractivity contribution in [1.82, 2.24) is 10.2 Å². The minimum absolute atomic E-state index is 0.334. The number of rotatable bonds is 7. The van der Waals surface area contributed by atoms with Crippen LogP contribution < -0.4 is 5.32 Å². The van der Waals surface area contributed by atoms with Gasteiger partial charge in [0, 0.05) is 25.7 Å². The fourth-order valence-electron chi connectivity index (χ4n) is 4.16. The molecule has 0 aromatic carbocycles. The second-order valence-corrected chi connectivity index (χ2v) is 8.00. The van der Waals surface area contributed by atoms with Crippen LogP contribution in [0.4, 0.5) is 0 Å². The van der Waals surface area contributed by atoms with Crippen LogP contribution in [0.2, 0.25) is 0 Å². The van der Waals surface area contributed by atoms with E-state index in [4.69, 9.17) is 9.47 Å². The molecule has 2 aliphatic rings. The Kier molecular flexibility index (Phi) is 7.80. The molecular weight excluding hydrogens is 288 g/mol. The first kappa shape index (κ1) is 19.2. The third-order valence-corrected chi connectivity index (χ3v) is 5.36. The van der Waals surface area contributed by atoms with Gasteiger partial charge in [-0.05, 0) is 45.1 Å². The lowest BCUT2D eigenvalue weighted by Gasteiger charge is -2.38. The minimum atomic E-state index is 0.334. The third kappa shape index (κ3) is 6.33. The van der Waals surface area contributed by atoms with E-state index in [-0.39, 0.29) is 0 Å². The molecule has 2 fully saturated rings. The highest BCUT2D eigenvalue weighted by Crippen LogP contribution is 2.30. The SMILES string of the molecule is CCNC(COC1CC(C)CCC1C)CN1CC(C)OC(C)C1. The summed E-state index contributed by atoms with van der Waals surface area (Å²) in [5.41, 5.74) is 0. The van der Waals surface area contributed by atoms with Crippen LogP contribution in [0.1, 0.15) is 53.9 Å². The summed E-state index contributed by atoms with van der Waals surface area (Å²) in [7, 11) is 0. The highest BCUT2D eigenvalue weighted by atomic mass is 16.5. The average molecular weight is 327 g/mol. The van der Waals surface area contributed by atoms with Gasteiger partial charge in [-0.3, -0.25) is 4.90 Å². The van der Waals surface area contributed by atoms with E-state index < -0.39 is 0 Å². The lowest BCUT2D eigenvalue weighted by molar-refractivity contribution is -0.0761. The van der Waals surface area contributed by atoms with Gasteiger partial charge in [0.05, 0.1) is 24.9 Å². The Morgan fingerprint density at radius 2 is 1.83 bits per heavy atom. The van der Waals surface area contributed by atoms with Gasteiger partial charge in [0.25, 0.3) is 0 Å². The molecule has 1 aliphatic carbocycles. The molecule has 0 spiro atoms. The number of nitrogens with zero attached hydrogens (tertiary/aromatic N) is 1. The highest BCUT2D eigenvalue weighted by molar-refractivity contribution is 4.81. The molecule has 23 heavy (non-hydrogen) atoms. The lowest BCUT2D eigenvalue weighted by Crippen LogP contribution is -2.52. The smallest absolute Gasteiger partial charge is 0.0678 e. The molecule has 4 nitrogen and oxygen atoms in total. The van der Waals surface area contributed by atoms with Crippen LogP contribution in [0.5, 0.6) is 0 Å². The van der Waals surface area contributed by atoms with Crippen LogP contribution in [0.25, 0.3) is 0 Å². The summed E-state index contributed by atoms with van der Waals surface area (Å²) in [6.45, 7) is 16.2. The molecule has 1 aliphatic heterocycles. The van der Waals surface area contributed by atoms with Gasteiger partial charge >= 0.3 is 0 Å². The van der Waals surface area contributed by atoms with Crippen molar-refractivity contribution in [3.8, 4) is 0 Å². The molecule has 6 unspecified atom stereocenters. The summed E-state index contributed by atoms with van der Waals surface area (Å²) in [4.78, 5) is 2.53. The molecule has 1 N–H and O–H groups in total. The second-order valence-electron chi connectivity index (χ2n) is 8.00. The Bertz CT molecular complexity index is 329. The van der Waals surface area contributed by atoms with E-state index in [0.29, 0.717) is 30.3 Å². The molecular formula is C19H38N2O2. The molecule has 0 aromatic rings. The zero-order chi connectivity index (χ0) is 16.8. The van der Waals surface area contributed by atoms with Crippen molar-refractivity contribution < 1.29 is 9.47 Å². The largest absolute Gasteiger partial charge is 0.376 e. The van der Waals surface area contributed by atoms with Gasteiger partial charge < -0.3 is 14.8 Å². The number of morpholine rings is 1. The summed E-state index contributed by atoms with van der Waals surface area (Å²) in [5, 5.41) is 3.62. The van der Waals surface area contributed by atoms with Crippen LogP contribution in [-0.4, -0.2) is 62.0 Å². The number of nitrogens with one attached hydrogen (secondary N) is 1. The van der Waals surface area contributed by atoms with E-state index in [1.54, 1.807) is 0 Å². The van der Waals surface area contributed by atoms with E-state index in [9.17, 15) is 0 Å². The Morgan fingerprint density at radius 1 is 1.13 bits per heavy atom. The molecule has 1 saturated carbocycles. The zero-order valence-electron chi connectivity index (χ0n) is 15.9. The molecule has 136 valence electrons. The van der Waals surface area contributed by atoms with E-state index in [0.717, 1.165) is 38.7 Å². The summed E-state index contributed by atoms with van der Waals surface area (Å²) in [5.74, 6) is 1.52. The maximum atomic E-state index is 6.36. The fourth-order valence-corrected chi connectivity index (χ4v) is 4.16. The second kappa shape index (κ2) is 9.36. The van der Waals surface area contributed by atoms with Crippen molar-refractivity contribution in [3.63, 3.8) is 0 Å². The van der Waals surface area contributed by atoms with Crippen LogP contribution in [0.15, 0.2) is 0 Å². The molecule has 2 rings (SSSR count). The van der Waals surface area contributed by atoms with Gasteiger partial charge in [0.2, 0.25) is 0 Å². The maximum Gasteiger partial charge on any atom is 0.0678 e. The monoisotopic (exact) mass is 326 g/mol. The lowest BCUT2D eigenvalue weighted by atomic mass is 9.82. The van der Waals surface area contributed by atoms with Crippen molar-refractivity contribution in [1.29, 1.82) is 0 Å². The first-order valence-corrected chi connectivity index (χ1v) is 9.70. The summed E-state index contributed by atoms with van der Waals surface area (Å²) in [6.07, 6.45) is 5.02. The van der Waals surface area contributed by atoms with Crippen LogP contribution in [0, 0.1) is 11.8 Å². The Balaban J connectivity index is 1.80. The molecule has 0 radical (unpaired) electrons. The molecule has 1 saturated heterocycles. The van der Waals surface area contributed by atoms with Crippen molar-refractivity contribution in [2.75, 3.05) is 32.8 Å². The Morgan fingerprint density at radius 3 is 2.48 bits per heavy atom. The molecule has 0 amide bonds. The predicted molar refractivity (Wildman–Crippen MR) is 95.8 cm³/mol. The summed E-state index contributed by atoms with van der Waals surface area (Å²) in [6, 6.07) is 0.418. The number of ether oxygens (including phenoxy) is 2. The predicted octanol–water partition coefficient (Wildman–Crippen LogP) is 2.92. The summed E-state index contributed by atoms with van der Waals surface area (Å²) < 4.78 is 12.2. The van der Waals surface area contributed by atoms with Gasteiger partial charge in [0.15, 0.2) is 0 Å². The van der Waals surface area contributed by atoms with Crippen LogP contribution >= 0.6 is 0 Å². The first-order valence-electron chi connectivity index (χ1n) is 9.70. The van der Waals surface area contributed by atoms with Gasteiger partial charge in [-0.15, -0.1) is 0 Å². The molecule has 4 heteroatoms. The normalized spacial score (nSPS) is 37.7. The number of likely N-dealkylation sites (N-methyl/N-ethyl adjacent to an activating group) is 1. The van der Waals surface area contributed by atoms with Crippen molar-refractivity contribution in [3.05, 3.63) is 0 Å². The van der Waals surface area contributed by atoms with Crippen LogP contribution in [0.3, 0.4) is 0 Å². The highest BCUT2D eigenvalue weighted by Gasteiger charge is 2.28. The maximum absolute atomic E-state index is 6.36. The topological polar surface area (TPSA) is 33.7 Å². The van der Waals surface area contributed by atoms with Gasteiger partial charge in [-0.1, -0.05) is 27.2 Å². The van der Waals surface area contributed by atoms with Crippen molar-refractivity contribution in [2.45, 2.75) is 78.2 Å². The molecule has 0 aromatic heterocycles.